The summed E-state index contributed by atoms with van der Waals surface area (Å²) in [6.45, 7) is 0.203. The third-order valence-electron chi connectivity index (χ3n) is 4.33. The molecule has 3 rings (SSSR count). The van der Waals surface area contributed by atoms with Crippen LogP contribution in [0.3, 0.4) is 0 Å². The molecule has 0 saturated heterocycles. The van der Waals surface area contributed by atoms with Gasteiger partial charge in [-0.3, -0.25) is 9.59 Å². The van der Waals surface area contributed by atoms with Crippen LogP contribution in [0.5, 0.6) is 5.75 Å². The Balaban J connectivity index is 1.59. The number of Topliss-reactive ketones (excluding diaryl/α,β-unsaturated/α-hetero) is 1. The van der Waals surface area contributed by atoms with Gasteiger partial charge in [0, 0.05) is 33.7 Å². The van der Waals surface area contributed by atoms with Crippen molar-refractivity contribution >= 4 is 23.3 Å². The van der Waals surface area contributed by atoms with Gasteiger partial charge in [0.1, 0.15) is 5.75 Å². The molecule has 0 aliphatic rings. The van der Waals surface area contributed by atoms with E-state index >= 15 is 0 Å². The molecule has 3 aromatic carbocycles. The van der Waals surface area contributed by atoms with E-state index in [4.69, 9.17) is 10.3 Å². The number of rotatable bonds is 9. The summed E-state index contributed by atoms with van der Waals surface area (Å²) < 4.78 is 5.78. The largest absolute Gasteiger partial charge is 0.492 e. The normalized spacial score (nSPS) is 10.4. The Labute approximate surface area is 174 Å². The van der Waals surface area contributed by atoms with Gasteiger partial charge in [0.2, 0.25) is 0 Å². The van der Waals surface area contributed by atoms with Crippen molar-refractivity contribution < 1.29 is 14.3 Å². The first-order valence-corrected chi connectivity index (χ1v) is 9.35. The topological polar surface area (TPSA) is 92.1 Å². The van der Waals surface area contributed by atoms with Crippen molar-refractivity contribution in [2.24, 2.45) is 5.11 Å². The van der Waals surface area contributed by atoms with E-state index in [0.717, 1.165) is 5.56 Å². The molecule has 0 atom stereocenters. The van der Waals surface area contributed by atoms with Crippen molar-refractivity contribution in [1.29, 1.82) is 0 Å². The third-order valence-corrected chi connectivity index (χ3v) is 4.33. The molecule has 6 nitrogen and oxygen atoms in total. The summed E-state index contributed by atoms with van der Waals surface area (Å²) >= 11 is 0. The van der Waals surface area contributed by atoms with E-state index in [0.29, 0.717) is 22.6 Å². The lowest BCUT2D eigenvalue weighted by Gasteiger charge is -2.09. The first-order chi connectivity index (χ1) is 14.7. The van der Waals surface area contributed by atoms with Crippen molar-refractivity contribution in [3.63, 3.8) is 0 Å². The Bertz CT molecular complexity index is 1100. The van der Waals surface area contributed by atoms with Gasteiger partial charge in [-0.1, -0.05) is 77.9 Å². The monoisotopic (exact) mass is 397 g/mol. The van der Waals surface area contributed by atoms with Crippen molar-refractivity contribution in [2.75, 3.05) is 6.61 Å². The van der Waals surface area contributed by atoms with Crippen molar-refractivity contribution in [3.8, 4) is 5.75 Å². The molecular formula is C24H19N3O3. The van der Waals surface area contributed by atoms with Gasteiger partial charge in [0.15, 0.2) is 11.6 Å². The highest BCUT2D eigenvalue weighted by molar-refractivity contribution is 6.06. The van der Waals surface area contributed by atoms with Crippen LogP contribution in [0.2, 0.25) is 0 Å². The molecule has 0 amide bonds. The minimum absolute atomic E-state index is 0.0743. The number of para-hydroxylation sites is 1. The van der Waals surface area contributed by atoms with Crippen LogP contribution < -0.4 is 4.74 Å². The minimum Gasteiger partial charge on any atom is -0.492 e. The average molecular weight is 397 g/mol. The summed E-state index contributed by atoms with van der Waals surface area (Å²) in [5.41, 5.74) is 10.8. The first kappa shape index (κ1) is 20.6. The number of nitrogens with zero attached hydrogens (tertiary/aromatic N) is 3. The highest BCUT2D eigenvalue weighted by Crippen LogP contribution is 2.21. The molecule has 0 bridgehead atoms. The predicted molar refractivity (Wildman–Crippen MR) is 116 cm³/mol. The summed E-state index contributed by atoms with van der Waals surface area (Å²) in [6, 6.07) is 22.8. The minimum atomic E-state index is -0.0928. The molecule has 30 heavy (non-hydrogen) atoms. The molecule has 0 aliphatic heterocycles. The molecule has 0 heterocycles. The van der Waals surface area contributed by atoms with Crippen LogP contribution in [0.4, 0.5) is 5.69 Å². The molecule has 148 valence electrons. The lowest BCUT2D eigenvalue weighted by Crippen LogP contribution is -2.07. The second-order valence-electron chi connectivity index (χ2n) is 6.36. The Hall–Kier alpha value is -4.15. The van der Waals surface area contributed by atoms with E-state index in [-0.39, 0.29) is 24.6 Å². The number of carbonyl (C=O) groups excluding carboxylic acids is 2. The highest BCUT2D eigenvalue weighted by Gasteiger charge is 2.08. The molecule has 0 N–H and O–H groups in total. The average Bonchev–Trinajstić information content (AvgIpc) is 2.79. The van der Waals surface area contributed by atoms with Crippen LogP contribution in [0.25, 0.3) is 16.5 Å². The van der Waals surface area contributed by atoms with Gasteiger partial charge in [-0.2, -0.15) is 0 Å². The molecule has 6 heteroatoms. The van der Waals surface area contributed by atoms with Crippen molar-refractivity contribution in [3.05, 3.63) is 112 Å². The van der Waals surface area contributed by atoms with Crippen LogP contribution in [-0.2, 0) is 0 Å². The van der Waals surface area contributed by atoms with Gasteiger partial charge in [-0.05, 0) is 23.7 Å². The number of azide groups is 1. The van der Waals surface area contributed by atoms with E-state index in [9.17, 15) is 9.59 Å². The zero-order valence-corrected chi connectivity index (χ0v) is 16.1. The molecule has 0 unspecified atom stereocenters. The molecule has 0 spiro atoms. The lowest BCUT2D eigenvalue weighted by atomic mass is 10.1. The van der Waals surface area contributed by atoms with Crippen LogP contribution in [0, 0.1) is 0 Å². The van der Waals surface area contributed by atoms with E-state index in [1.807, 2.05) is 36.4 Å². The zero-order valence-electron chi connectivity index (χ0n) is 16.1. The molecule has 0 aromatic heterocycles. The summed E-state index contributed by atoms with van der Waals surface area (Å²) in [5.74, 6) is 0.431. The van der Waals surface area contributed by atoms with Crippen LogP contribution >= 0.6 is 0 Å². The Morgan fingerprint density at radius 2 is 1.60 bits per heavy atom. The fourth-order valence-corrected chi connectivity index (χ4v) is 2.78. The summed E-state index contributed by atoms with van der Waals surface area (Å²) in [4.78, 5) is 27.3. The van der Waals surface area contributed by atoms with Crippen LogP contribution in [-0.4, -0.2) is 18.2 Å². The zero-order chi connectivity index (χ0) is 21.2. The third kappa shape index (κ3) is 5.67. The number of benzene rings is 3. The molecule has 0 aliphatic carbocycles. The fraction of sp³-hybridized carbons (Fsp3) is 0.0833. The maximum Gasteiger partial charge on any atom is 0.185 e. The number of allylic oxidation sites excluding steroid dienone is 1. The maximum absolute atomic E-state index is 12.3. The van der Waals surface area contributed by atoms with Gasteiger partial charge in [-0.25, -0.2) is 0 Å². The van der Waals surface area contributed by atoms with E-state index < -0.39 is 0 Å². The molecule has 0 saturated carbocycles. The highest BCUT2D eigenvalue weighted by atomic mass is 16.5. The van der Waals surface area contributed by atoms with Crippen LogP contribution in [0.15, 0.2) is 90.1 Å². The second-order valence-corrected chi connectivity index (χ2v) is 6.36. The number of carbonyl (C=O) groups is 2. The van der Waals surface area contributed by atoms with Gasteiger partial charge in [-0.15, -0.1) is 0 Å². The van der Waals surface area contributed by atoms with Gasteiger partial charge in [0.05, 0.1) is 6.61 Å². The number of hydrogen-bond acceptors (Lipinski definition) is 4. The number of ether oxygens (including phenoxy) is 1. The fourth-order valence-electron chi connectivity index (χ4n) is 2.78. The van der Waals surface area contributed by atoms with Crippen LogP contribution in [0.1, 0.15) is 32.7 Å². The SMILES string of the molecule is [N-]=[N+]=Nc1ccc(C(=O)CCOc2ccccc2C=CC(=O)c2ccccc2)cc1. The molecule has 0 radical (unpaired) electrons. The molecule has 3 aromatic rings. The summed E-state index contributed by atoms with van der Waals surface area (Å²) in [7, 11) is 0. The number of hydrogen-bond donors (Lipinski definition) is 0. The molecular weight excluding hydrogens is 378 g/mol. The Kier molecular flexibility index (Phi) is 7.14. The lowest BCUT2D eigenvalue weighted by molar-refractivity contribution is 0.0961. The Morgan fingerprint density at radius 3 is 2.33 bits per heavy atom. The van der Waals surface area contributed by atoms with Gasteiger partial charge < -0.3 is 4.74 Å². The standard InChI is InChI=1S/C24H19N3O3/c25-27-26-21-13-10-19(11-14-21)23(29)16-17-30-24-9-5-4-8-20(24)12-15-22(28)18-6-2-1-3-7-18/h1-15H,16-17H2. The second kappa shape index (κ2) is 10.4. The van der Waals surface area contributed by atoms with Gasteiger partial charge >= 0.3 is 0 Å². The van der Waals surface area contributed by atoms with E-state index in [1.165, 1.54) is 6.08 Å². The van der Waals surface area contributed by atoms with Gasteiger partial charge in [0.25, 0.3) is 0 Å². The number of ketones is 2. The Morgan fingerprint density at radius 1 is 0.900 bits per heavy atom. The van der Waals surface area contributed by atoms with Crippen molar-refractivity contribution in [2.45, 2.75) is 6.42 Å². The maximum atomic E-state index is 12.3. The van der Waals surface area contributed by atoms with E-state index in [2.05, 4.69) is 10.0 Å². The van der Waals surface area contributed by atoms with E-state index in [1.54, 1.807) is 48.5 Å². The predicted octanol–water partition coefficient (Wildman–Crippen LogP) is 6.18. The van der Waals surface area contributed by atoms with Crippen molar-refractivity contribution in [1.82, 2.24) is 0 Å². The summed E-state index contributed by atoms with van der Waals surface area (Å²) in [5, 5.41) is 3.48. The smallest absolute Gasteiger partial charge is 0.185 e. The summed E-state index contributed by atoms with van der Waals surface area (Å²) in [6.07, 6.45) is 3.41. The molecule has 0 fully saturated rings. The quantitative estimate of drug-likeness (QED) is 0.142. The first-order valence-electron chi connectivity index (χ1n) is 9.35.